The summed E-state index contributed by atoms with van der Waals surface area (Å²) in [5, 5.41) is 0. The van der Waals surface area contributed by atoms with Crippen molar-refractivity contribution in [1.82, 2.24) is 0 Å². The molecule has 4 heteroatoms. The van der Waals surface area contributed by atoms with Gasteiger partial charge in [-0.1, -0.05) is 29.3 Å². The third kappa shape index (κ3) is 3.54. The predicted molar refractivity (Wildman–Crippen MR) is 84.8 cm³/mol. The highest BCUT2D eigenvalue weighted by atomic mass is 32.2. The first-order valence-corrected chi connectivity index (χ1v) is 7.33. The molecule has 4 N–H and O–H groups in total. The molecule has 2 aromatic carbocycles. The fraction of sp³-hybridized carbons (Fsp3) is 0.188. The Bertz CT molecular complexity index is 633. The van der Waals surface area contributed by atoms with E-state index in [-0.39, 0.29) is 0 Å². The molecule has 0 heterocycles. The Hall–Kier alpha value is -1.94. The number of amides is 1. The standard InChI is InChI=1S/C16H18N2OS/c1-10-5-11(2)7-12(6-10)9-20-13-3-4-15(17)14(8-13)16(18)19/h3-8H,9,17H2,1-2H3,(H2,18,19). The van der Waals surface area contributed by atoms with Crippen LogP contribution in [-0.4, -0.2) is 5.91 Å². The minimum atomic E-state index is -0.489. The van der Waals surface area contributed by atoms with Crippen LogP contribution in [0, 0.1) is 13.8 Å². The minimum Gasteiger partial charge on any atom is -0.398 e. The molecule has 1 amide bonds. The van der Waals surface area contributed by atoms with E-state index in [4.69, 9.17) is 11.5 Å². The number of hydrogen-bond donors (Lipinski definition) is 2. The summed E-state index contributed by atoms with van der Waals surface area (Å²) in [5.74, 6) is 0.362. The number of nitrogen functional groups attached to an aromatic ring is 1. The lowest BCUT2D eigenvalue weighted by molar-refractivity contribution is 0.100. The molecule has 0 unspecified atom stereocenters. The van der Waals surface area contributed by atoms with E-state index in [9.17, 15) is 4.79 Å². The summed E-state index contributed by atoms with van der Waals surface area (Å²) in [6.07, 6.45) is 0. The zero-order chi connectivity index (χ0) is 14.7. The van der Waals surface area contributed by atoms with Crippen molar-refractivity contribution in [2.24, 2.45) is 5.73 Å². The highest BCUT2D eigenvalue weighted by Gasteiger charge is 2.07. The van der Waals surface area contributed by atoms with E-state index in [1.54, 1.807) is 23.9 Å². The summed E-state index contributed by atoms with van der Waals surface area (Å²) in [6, 6.07) is 11.9. The van der Waals surface area contributed by atoms with Crippen LogP contribution in [-0.2, 0) is 5.75 Å². The van der Waals surface area contributed by atoms with E-state index in [1.807, 2.05) is 6.07 Å². The van der Waals surface area contributed by atoms with Crippen LogP contribution in [0.5, 0.6) is 0 Å². The molecule has 0 atom stereocenters. The second-order valence-electron chi connectivity index (χ2n) is 4.90. The van der Waals surface area contributed by atoms with Crippen molar-refractivity contribution in [3.63, 3.8) is 0 Å². The maximum Gasteiger partial charge on any atom is 0.250 e. The van der Waals surface area contributed by atoms with Crippen LogP contribution in [0.25, 0.3) is 0 Å². The largest absolute Gasteiger partial charge is 0.398 e. The monoisotopic (exact) mass is 286 g/mol. The van der Waals surface area contributed by atoms with Crippen LogP contribution in [0.1, 0.15) is 27.0 Å². The molecule has 0 spiro atoms. The number of hydrogen-bond acceptors (Lipinski definition) is 3. The molecule has 0 radical (unpaired) electrons. The summed E-state index contributed by atoms with van der Waals surface area (Å²) in [7, 11) is 0. The van der Waals surface area contributed by atoms with Gasteiger partial charge < -0.3 is 11.5 Å². The molecule has 0 aliphatic rings. The Morgan fingerprint density at radius 1 is 1.10 bits per heavy atom. The molecule has 0 bridgehead atoms. The molecule has 2 rings (SSSR count). The van der Waals surface area contributed by atoms with E-state index >= 15 is 0 Å². The molecule has 0 saturated heterocycles. The Morgan fingerprint density at radius 2 is 1.75 bits per heavy atom. The van der Waals surface area contributed by atoms with E-state index in [1.165, 1.54) is 16.7 Å². The third-order valence-corrected chi connectivity index (χ3v) is 4.04. The predicted octanol–water partition coefficient (Wildman–Crippen LogP) is 3.28. The Labute approximate surface area is 123 Å². The molecule has 20 heavy (non-hydrogen) atoms. The lowest BCUT2D eigenvalue weighted by atomic mass is 10.1. The maximum atomic E-state index is 11.3. The summed E-state index contributed by atoms with van der Waals surface area (Å²) < 4.78 is 0. The number of anilines is 1. The van der Waals surface area contributed by atoms with Crippen LogP contribution < -0.4 is 11.5 Å². The molecule has 2 aromatic rings. The normalized spacial score (nSPS) is 10.5. The van der Waals surface area contributed by atoms with Gasteiger partial charge in [0.15, 0.2) is 0 Å². The number of aryl methyl sites for hydroxylation is 2. The number of rotatable bonds is 4. The SMILES string of the molecule is Cc1cc(C)cc(CSc2ccc(N)c(C(N)=O)c2)c1. The molecular weight excluding hydrogens is 268 g/mol. The first-order chi connectivity index (χ1) is 9.45. The fourth-order valence-corrected chi connectivity index (χ4v) is 3.02. The van der Waals surface area contributed by atoms with Crippen molar-refractivity contribution in [3.05, 3.63) is 58.7 Å². The second-order valence-corrected chi connectivity index (χ2v) is 5.95. The van der Waals surface area contributed by atoms with Crippen LogP contribution >= 0.6 is 11.8 Å². The van der Waals surface area contributed by atoms with Crippen LogP contribution in [0.15, 0.2) is 41.3 Å². The summed E-state index contributed by atoms with van der Waals surface area (Å²) in [4.78, 5) is 12.3. The van der Waals surface area contributed by atoms with Gasteiger partial charge in [-0.05, 0) is 37.6 Å². The van der Waals surface area contributed by atoms with Crippen molar-refractivity contribution in [2.45, 2.75) is 24.5 Å². The summed E-state index contributed by atoms with van der Waals surface area (Å²) in [6.45, 7) is 4.19. The number of benzene rings is 2. The van der Waals surface area contributed by atoms with E-state index in [0.717, 1.165) is 10.6 Å². The van der Waals surface area contributed by atoms with Gasteiger partial charge in [-0.2, -0.15) is 0 Å². The van der Waals surface area contributed by atoms with Crippen molar-refractivity contribution >= 4 is 23.4 Å². The number of carbonyl (C=O) groups is 1. The average molecular weight is 286 g/mol. The highest BCUT2D eigenvalue weighted by molar-refractivity contribution is 7.98. The highest BCUT2D eigenvalue weighted by Crippen LogP contribution is 2.26. The number of carbonyl (C=O) groups excluding carboxylic acids is 1. The van der Waals surface area contributed by atoms with Gasteiger partial charge in [0.1, 0.15) is 0 Å². The zero-order valence-corrected chi connectivity index (χ0v) is 12.5. The molecule has 0 saturated carbocycles. The smallest absolute Gasteiger partial charge is 0.250 e. The lowest BCUT2D eigenvalue weighted by Crippen LogP contribution is -2.13. The quantitative estimate of drug-likeness (QED) is 0.669. The van der Waals surface area contributed by atoms with Crippen molar-refractivity contribution < 1.29 is 4.79 Å². The topological polar surface area (TPSA) is 69.1 Å². The molecule has 104 valence electrons. The Balaban J connectivity index is 2.14. The molecule has 0 aliphatic heterocycles. The van der Waals surface area contributed by atoms with Crippen LogP contribution in [0.4, 0.5) is 5.69 Å². The Morgan fingerprint density at radius 3 is 2.35 bits per heavy atom. The first kappa shape index (κ1) is 14.5. The zero-order valence-electron chi connectivity index (χ0n) is 11.6. The van der Waals surface area contributed by atoms with E-state index < -0.39 is 5.91 Å². The maximum absolute atomic E-state index is 11.3. The molecular formula is C16H18N2OS. The van der Waals surface area contributed by atoms with Crippen LogP contribution in [0.3, 0.4) is 0 Å². The van der Waals surface area contributed by atoms with Gasteiger partial charge in [0.05, 0.1) is 5.56 Å². The van der Waals surface area contributed by atoms with Crippen molar-refractivity contribution in [1.29, 1.82) is 0 Å². The second kappa shape index (κ2) is 6.01. The molecule has 0 fully saturated rings. The number of primary amides is 1. The third-order valence-electron chi connectivity index (χ3n) is 2.98. The van der Waals surface area contributed by atoms with E-state index in [0.29, 0.717) is 11.3 Å². The number of thioether (sulfide) groups is 1. The van der Waals surface area contributed by atoms with Crippen molar-refractivity contribution in [2.75, 3.05) is 5.73 Å². The Kier molecular flexibility index (Phi) is 4.35. The fourth-order valence-electron chi connectivity index (χ4n) is 2.16. The average Bonchev–Trinajstić information content (AvgIpc) is 2.36. The van der Waals surface area contributed by atoms with Crippen LogP contribution in [0.2, 0.25) is 0 Å². The van der Waals surface area contributed by atoms with Gasteiger partial charge in [-0.25, -0.2) is 0 Å². The molecule has 0 aromatic heterocycles. The van der Waals surface area contributed by atoms with Gasteiger partial charge >= 0.3 is 0 Å². The van der Waals surface area contributed by atoms with Gasteiger partial charge in [0.2, 0.25) is 0 Å². The molecule has 0 aliphatic carbocycles. The lowest BCUT2D eigenvalue weighted by Gasteiger charge is -2.07. The summed E-state index contributed by atoms with van der Waals surface area (Å²) >= 11 is 1.67. The first-order valence-electron chi connectivity index (χ1n) is 6.35. The van der Waals surface area contributed by atoms with Gasteiger partial charge in [0.25, 0.3) is 5.91 Å². The van der Waals surface area contributed by atoms with Gasteiger partial charge in [0, 0.05) is 16.3 Å². The minimum absolute atomic E-state index is 0.385. The van der Waals surface area contributed by atoms with E-state index in [2.05, 4.69) is 32.0 Å². The van der Waals surface area contributed by atoms with Gasteiger partial charge in [-0.15, -0.1) is 11.8 Å². The summed E-state index contributed by atoms with van der Waals surface area (Å²) in [5.41, 5.74) is 15.6. The molecule has 3 nitrogen and oxygen atoms in total. The van der Waals surface area contributed by atoms with Crippen molar-refractivity contribution in [3.8, 4) is 0 Å². The number of nitrogens with two attached hydrogens (primary N) is 2. The van der Waals surface area contributed by atoms with Gasteiger partial charge in [-0.3, -0.25) is 4.79 Å².